The molecule has 0 aromatic heterocycles. The zero-order valence-electron chi connectivity index (χ0n) is 11.5. The van der Waals surface area contributed by atoms with Crippen LogP contribution in [-0.2, 0) is 6.42 Å². The summed E-state index contributed by atoms with van der Waals surface area (Å²) >= 11 is 6.26. The highest BCUT2D eigenvalue weighted by atomic mass is 35.5. The van der Waals surface area contributed by atoms with Gasteiger partial charge < -0.3 is 5.32 Å². The van der Waals surface area contributed by atoms with Crippen LogP contribution in [0, 0.1) is 6.92 Å². The zero-order chi connectivity index (χ0) is 13.7. The van der Waals surface area contributed by atoms with Gasteiger partial charge in [-0.05, 0) is 44.0 Å². The number of nitrogens with one attached hydrogen (secondary N) is 1. The van der Waals surface area contributed by atoms with Crippen LogP contribution in [0.25, 0.3) is 0 Å². The molecule has 2 aromatic carbocycles. The van der Waals surface area contributed by atoms with Crippen molar-refractivity contribution in [3.63, 3.8) is 0 Å². The van der Waals surface area contributed by atoms with E-state index < -0.39 is 0 Å². The summed E-state index contributed by atoms with van der Waals surface area (Å²) in [6, 6.07) is 17.1. The van der Waals surface area contributed by atoms with Gasteiger partial charge in [-0.1, -0.05) is 59.6 Å². The molecule has 0 aliphatic heterocycles. The maximum Gasteiger partial charge on any atom is 0.0453 e. The first-order valence-corrected chi connectivity index (χ1v) is 7.05. The van der Waals surface area contributed by atoms with Crippen LogP contribution in [-0.4, -0.2) is 7.05 Å². The molecule has 0 saturated carbocycles. The average molecular weight is 274 g/mol. The maximum absolute atomic E-state index is 6.26. The van der Waals surface area contributed by atoms with Crippen LogP contribution >= 0.6 is 11.6 Å². The third-order valence-corrected chi connectivity index (χ3v) is 3.82. The highest BCUT2D eigenvalue weighted by Gasteiger charge is 2.12. The molecule has 0 aliphatic carbocycles. The Morgan fingerprint density at radius 3 is 2.37 bits per heavy atom. The molecule has 1 nitrogen and oxygen atoms in total. The van der Waals surface area contributed by atoms with Crippen molar-refractivity contribution in [1.29, 1.82) is 0 Å². The second kappa shape index (κ2) is 6.74. The summed E-state index contributed by atoms with van der Waals surface area (Å²) in [6.07, 6.45) is 2.10. The van der Waals surface area contributed by atoms with E-state index in [4.69, 9.17) is 11.6 Å². The summed E-state index contributed by atoms with van der Waals surface area (Å²) in [5, 5.41) is 4.20. The lowest BCUT2D eigenvalue weighted by Gasteiger charge is -2.18. The van der Waals surface area contributed by atoms with Gasteiger partial charge in [0.1, 0.15) is 0 Å². The molecule has 1 N–H and O–H groups in total. The predicted molar refractivity (Wildman–Crippen MR) is 82.8 cm³/mol. The van der Waals surface area contributed by atoms with Gasteiger partial charge in [-0.25, -0.2) is 0 Å². The molecule has 100 valence electrons. The van der Waals surface area contributed by atoms with Crippen molar-refractivity contribution >= 4 is 11.6 Å². The van der Waals surface area contributed by atoms with Crippen molar-refractivity contribution in [3.8, 4) is 0 Å². The lowest BCUT2D eigenvalue weighted by atomic mass is 9.98. The lowest BCUT2D eigenvalue weighted by Crippen LogP contribution is -2.17. The van der Waals surface area contributed by atoms with Crippen molar-refractivity contribution in [3.05, 3.63) is 70.2 Å². The van der Waals surface area contributed by atoms with Gasteiger partial charge >= 0.3 is 0 Å². The van der Waals surface area contributed by atoms with Crippen molar-refractivity contribution in [2.45, 2.75) is 25.8 Å². The van der Waals surface area contributed by atoms with Crippen molar-refractivity contribution in [2.24, 2.45) is 0 Å². The van der Waals surface area contributed by atoms with Gasteiger partial charge in [0.2, 0.25) is 0 Å². The van der Waals surface area contributed by atoms with Gasteiger partial charge in [-0.15, -0.1) is 0 Å². The van der Waals surface area contributed by atoms with E-state index in [0.29, 0.717) is 6.04 Å². The number of rotatable bonds is 5. The fraction of sp³-hybridized carbons (Fsp3) is 0.294. The second-order valence-corrected chi connectivity index (χ2v) is 5.29. The molecule has 0 fully saturated rings. The van der Waals surface area contributed by atoms with E-state index in [1.807, 2.05) is 25.2 Å². The highest BCUT2D eigenvalue weighted by molar-refractivity contribution is 6.31. The molecule has 0 bridgehead atoms. The number of halogens is 1. The molecule has 19 heavy (non-hydrogen) atoms. The van der Waals surface area contributed by atoms with E-state index in [2.05, 4.69) is 42.6 Å². The third-order valence-electron chi connectivity index (χ3n) is 3.47. The Labute approximate surface area is 120 Å². The number of hydrogen-bond acceptors (Lipinski definition) is 1. The Hall–Kier alpha value is -1.31. The summed E-state index contributed by atoms with van der Waals surface area (Å²) in [6.45, 7) is 2.12. The SMILES string of the molecule is CNC(CCc1ccc(C)cc1)c1ccccc1Cl. The van der Waals surface area contributed by atoms with Gasteiger partial charge in [0.05, 0.1) is 0 Å². The summed E-state index contributed by atoms with van der Waals surface area (Å²) in [7, 11) is 1.99. The minimum Gasteiger partial charge on any atom is -0.313 e. The first-order valence-electron chi connectivity index (χ1n) is 6.68. The molecular weight excluding hydrogens is 254 g/mol. The first-order chi connectivity index (χ1) is 9.20. The van der Waals surface area contributed by atoms with E-state index in [9.17, 15) is 0 Å². The summed E-state index contributed by atoms with van der Waals surface area (Å²) < 4.78 is 0. The Bertz CT molecular complexity index is 519. The number of hydrogen-bond donors (Lipinski definition) is 1. The van der Waals surface area contributed by atoms with Crippen LogP contribution in [0.4, 0.5) is 0 Å². The van der Waals surface area contributed by atoms with E-state index in [-0.39, 0.29) is 0 Å². The molecule has 1 atom stereocenters. The van der Waals surface area contributed by atoms with Crippen molar-refractivity contribution < 1.29 is 0 Å². The topological polar surface area (TPSA) is 12.0 Å². The molecule has 0 radical (unpaired) electrons. The molecule has 0 saturated heterocycles. The highest BCUT2D eigenvalue weighted by Crippen LogP contribution is 2.25. The molecule has 1 unspecified atom stereocenters. The molecule has 2 rings (SSSR count). The second-order valence-electron chi connectivity index (χ2n) is 4.89. The largest absolute Gasteiger partial charge is 0.313 e. The summed E-state index contributed by atoms with van der Waals surface area (Å²) in [5.41, 5.74) is 3.86. The third kappa shape index (κ3) is 3.82. The zero-order valence-corrected chi connectivity index (χ0v) is 12.2. The normalized spacial score (nSPS) is 12.4. The van der Waals surface area contributed by atoms with E-state index in [1.165, 1.54) is 16.7 Å². The summed E-state index contributed by atoms with van der Waals surface area (Å²) in [5.74, 6) is 0. The van der Waals surface area contributed by atoms with E-state index >= 15 is 0 Å². The smallest absolute Gasteiger partial charge is 0.0453 e. The predicted octanol–water partition coefficient (Wildman–Crippen LogP) is 4.54. The van der Waals surface area contributed by atoms with E-state index in [1.54, 1.807) is 0 Å². The Morgan fingerprint density at radius 1 is 1.05 bits per heavy atom. The van der Waals surface area contributed by atoms with Crippen molar-refractivity contribution in [1.82, 2.24) is 5.32 Å². The van der Waals surface area contributed by atoms with Gasteiger partial charge in [0.25, 0.3) is 0 Å². The maximum atomic E-state index is 6.26. The first kappa shape index (κ1) is 14.1. The molecule has 0 aliphatic rings. The van der Waals surface area contributed by atoms with Crippen LogP contribution in [0.5, 0.6) is 0 Å². The number of aryl methyl sites for hydroxylation is 2. The Morgan fingerprint density at radius 2 is 1.74 bits per heavy atom. The molecule has 2 heteroatoms. The molecule has 0 spiro atoms. The van der Waals surface area contributed by atoms with Crippen LogP contribution in [0.3, 0.4) is 0 Å². The van der Waals surface area contributed by atoms with E-state index in [0.717, 1.165) is 17.9 Å². The lowest BCUT2D eigenvalue weighted by molar-refractivity contribution is 0.549. The van der Waals surface area contributed by atoms with Gasteiger partial charge in [0, 0.05) is 11.1 Å². The van der Waals surface area contributed by atoms with Crippen LogP contribution in [0.1, 0.15) is 29.2 Å². The fourth-order valence-corrected chi connectivity index (χ4v) is 2.55. The quantitative estimate of drug-likeness (QED) is 0.843. The monoisotopic (exact) mass is 273 g/mol. The van der Waals surface area contributed by atoms with Crippen LogP contribution < -0.4 is 5.32 Å². The van der Waals surface area contributed by atoms with Crippen LogP contribution in [0.2, 0.25) is 5.02 Å². The average Bonchev–Trinajstić information content (AvgIpc) is 2.43. The van der Waals surface area contributed by atoms with Crippen molar-refractivity contribution in [2.75, 3.05) is 7.05 Å². The Kier molecular flexibility index (Phi) is 5.00. The standard InChI is InChI=1S/C17H20ClN/c1-13-7-9-14(10-8-13)11-12-17(19-2)15-5-3-4-6-16(15)18/h3-10,17,19H,11-12H2,1-2H3. The molecule has 0 heterocycles. The fourth-order valence-electron chi connectivity index (χ4n) is 2.28. The molecule has 0 amide bonds. The minimum absolute atomic E-state index is 0.301. The Balaban J connectivity index is 2.04. The number of benzene rings is 2. The van der Waals surface area contributed by atoms with Gasteiger partial charge in [0.15, 0.2) is 0 Å². The minimum atomic E-state index is 0.301. The van der Waals surface area contributed by atoms with Gasteiger partial charge in [-0.3, -0.25) is 0 Å². The molecular formula is C17H20ClN. The van der Waals surface area contributed by atoms with Crippen LogP contribution in [0.15, 0.2) is 48.5 Å². The molecule has 2 aromatic rings. The summed E-state index contributed by atoms with van der Waals surface area (Å²) in [4.78, 5) is 0. The van der Waals surface area contributed by atoms with Gasteiger partial charge in [-0.2, -0.15) is 0 Å².